The molecule has 6 heteroatoms. The van der Waals surface area contributed by atoms with Gasteiger partial charge in [0.25, 0.3) is 0 Å². The predicted molar refractivity (Wildman–Crippen MR) is 84.5 cm³/mol. The number of thioether (sulfide) groups is 1. The second kappa shape index (κ2) is 5.56. The van der Waals surface area contributed by atoms with Gasteiger partial charge in [0.2, 0.25) is 0 Å². The minimum Gasteiger partial charge on any atom is -0.295 e. The molecular formula is C13H16ClN3S2. The van der Waals surface area contributed by atoms with Gasteiger partial charge in [0, 0.05) is 28.3 Å². The van der Waals surface area contributed by atoms with Gasteiger partial charge in [0.05, 0.1) is 6.04 Å². The third-order valence-electron chi connectivity index (χ3n) is 3.46. The smallest absolute Gasteiger partial charge is 0.149 e. The number of hydrogen-bond acceptors (Lipinski definition) is 5. The average molecular weight is 314 g/mol. The van der Waals surface area contributed by atoms with Gasteiger partial charge in [0.15, 0.2) is 0 Å². The highest BCUT2D eigenvalue weighted by molar-refractivity contribution is 7.99. The monoisotopic (exact) mass is 313 g/mol. The van der Waals surface area contributed by atoms with Gasteiger partial charge >= 0.3 is 0 Å². The fraction of sp³-hybridized carbons (Fsp3) is 0.538. The largest absolute Gasteiger partial charge is 0.295 e. The maximum Gasteiger partial charge on any atom is 0.149 e. The molecule has 3 rings (SSSR count). The minimum absolute atomic E-state index is 0.285. The van der Waals surface area contributed by atoms with E-state index in [-0.39, 0.29) is 6.04 Å². The van der Waals surface area contributed by atoms with Crippen LogP contribution in [-0.4, -0.2) is 40.0 Å². The van der Waals surface area contributed by atoms with E-state index in [2.05, 4.69) is 29.9 Å². The molecule has 1 aliphatic heterocycles. The number of nitrogens with zero attached hydrogens (tertiary/aromatic N) is 3. The molecule has 19 heavy (non-hydrogen) atoms. The Kier molecular flexibility index (Phi) is 3.98. The highest BCUT2D eigenvalue weighted by Gasteiger charge is 2.25. The van der Waals surface area contributed by atoms with E-state index in [0.717, 1.165) is 34.8 Å². The molecule has 0 radical (unpaired) electrons. The van der Waals surface area contributed by atoms with Crippen LogP contribution in [0.15, 0.2) is 6.07 Å². The van der Waals surface area contributed by atoms with Crippen molar-refractivity contribution in [3.8, 4) is 0 Å². The lowest BCUT2D eigenvalue weighted by Gasteiger charge is -2.30. The van der Waals surface area contributed by atoms with E-state index in [4.69, 9.17) is 16.6 Å². The van der Waals surface area contributed by atoms with Gasteiger partial charge in [-0.2, -0.15) is 11.8 Å². The maximum absolute atomic E-state index is 6.33. The fourth-order valence-electron chi connectivity index (χ4n) is 2.23. The SMILES string of the molecule is CCc1cc2c(Cl)nc(C3CSCCN3C)nc2s1. The first-order valence-corrected chi connectivity index (χ1v) is 8.77. The van der Waals surface area contributed by atoms with Gasteiger partial charge in [0.1, 0.15) is 15.8 Å². The molecule has 2 aromatic heterocycles. The molecule has 0 bridgehead atoms. The van der Waals surface area contributed by atoms with Crippen molar-refractivity contribution in [1.29, 1.82) is 0 Å². The first-order chi connectivity index (χ1) is 9.19. The molecule has 0 amide bonds. The van der Waals surface area contributed by atoms with Crippen LogP contribution in [-0.2, 0) is 6.42 Å². The van der Waals surface area contributed by atoms with Crippen molar-refractivity contribution < 1.29 is 0 Å². The van der Waals surface area contributed by atoms with E-state index in [1.54, 1.807) is 11.3 Å². The van der Waals surface area contributed by atoms with Crippen molar-refractivity contribution in [3.63, 3.8) is 0 Å². The molecule has 0 spiro atoms. The summed E-state index contributed by atoms with van der Waals surface area (Å²) in [7, 11) is 2.14. The summed E-state index contributed by atoms with van der Waals surface area (Å²) < 4.78 is 0. The summed E-state index contributed by atoms with van der Waals surface area (Å²) in [5.74, 6) is 3.10. The minimum atomic E-state index is 0.285. The molecule has 0 N–H and O–H groups in total. The lowest BCUT2D eigenvalue weighted by atomic mass is 10.2. The fourth-order valence-corrected chi connectivity index (χ4v) is 4.70. The van der Waals surface area contributed by atoms with Crippen LogP contribution >= 0.6 is 34.7 Å². The van der Waals surface area contributed by atoms with Crippen molar-refractivity contribution in [2.75, 3.05) is 25.1 Å². The molecule has 1 aliphatic rings. The average Bonchev–Trinajstić information content (AvgIpc) is 2.83. The number of rotatable bonds is 2. The quantitative estimate of drug-likeness (QED) is 0.792. The Labute approximate surface area is 126 Å². The Balaban J connectivity index is 2.04. The van der Waals surface area contributed by atoms with Gasteiger partial charge in [-0.15, -0.1) is 11.3 Å². The Hall–Kier alpha value is -0.360. The second-order valence-electron chi connectivity index (χ2n) is 4.73. The third-order valence-corrected chi connectivity index (χ3v) is 5.94. The molecular weight excluding hydrogens is 298 g/mol. The highest BCUT2D eigenvalue weighted by atomic mass is 35.5. The number of aromatic nitrogens is 2. The first-order valence-electron chi connectivity index (χ1n) is 6.43. The zero-order valence-electron chi connectivity index (χ0n) is 11.0. The van der Waals surface area contributed by atoms with Crippen LogP contribution in [0.3, 0.4) is 0 Å². The Morgan fingerprint density at radius 3 is 3.05 bits per heavy atom. The van der Waals surface area contributed by atoms with Crippen LogP contribution in [0.2, 0.25) is 5.15 Å². The van der Waals surface area contributed by atoms with Crippen LogP contribution in [0.5, 0.6) is 0 Å². The summed E-state index contributed by atoms with van der Waals surface area (Å²) in [4.78, 5) is 13.9. The second-order valence-corrected chi connectivity index (χ2v) is 7.35. The number of halogens is 1. The molecule has 1 unspecified atom stereocenters. The molecule has 2 aromatic rings. The van der Waals surface area contributed by atoms with Gasteiger partial charge in [-0.05, 0) is 19.5 Å². The van der Waals surface area contributed by atoms with Crippen molar-refractivity contribution in [3.05, 3.63) is 21.9 Å². The van der Waals surface area contributed by atoms with E-state index in [1.165, 1.54) is 10.6 Å². The first kappa shape index (κ1) is 13.6. The highest BCUT2D eigenvalue weighted by Crippen LogP contribution is 2.33. The topological polar surface area (TPSA) is 29.0 Å². The number of hydrogen-bond donors (Lipinski definition) is 0. The molecule has 102 valence electrons. The molecule has 1 saturated heterocycles. The van der Waals surface area contributed by atoms with Crippen molar-refractivity contribution in [2.24, 2.45) is 0 Å². The molecule has 0 aliphatic carbocycles. The van der Waals surface area contributed by atoms with Crippen molar-refractivity contribution in [1.82, 2.24) is 14.9 Å². The molecule has 1 fully saturated rings. The van der Waals surface area contributed by atoms with Crippen LogP contribution in [0.1, 0.15) is 23.7 Å². The Morgan fingerprint density at radius 2 is 2.32 bits per heavy atom. The molecule has 0 saturated carbocycles. The van der Waals surface area contributed by atoms with Crippen LogP contribution in [0.4, 0.5) is 0 Å². The summed E-state index contributed by atoms with van der Waals surface area (Å²) >= 11 is 10.0. The van der Waals surface area contributed by atoms with E-state index in [1.807, 2.05) is 11.8 Å². The van der Waals surface area contributed by atoms with E-state index < -0.39 is 0 Å². The molecule has 0 aromatic carbocycles. The van der Waals surface area contributed by atoms with Crippen molar-refractivity contribution in [2.45, 2.75) is 19.4 Å². The summed E-state index contributed by atoms with van der Waals surface area (Å²) in [6.07, 6.45) is 1.02. The summed E-state index contributed by atoms with van der Waals surface area (Å²) in [5, 5.41) is 1.60. The number of fused-ring (bicyclic) bond motifs is 1. The van der Waals surface area contributed by atoms with Crippen LogP contribution < -0.4 is 0 Å². The van der Waals surface area contributed by atoms with Gasteiger partial charge in [-0.1, -0.05) is 18.5 Å². The summed E-state index contributed by atoms with van der Waals surface area (Å²) in [6.45, 7) is 3.23. The lowest BCUT2D eigenvalue weighted by molar-refractivity contribution is 0.265. The predicted octanol–water partition coefficient (Wildman–Crippen LogP) is 3.63. The third kappa shape index (κ3) is 2.61. The van der Waals surface area contributed by atoms with E-state index >= 15 is 0 Å². The van der Waals surface area contributed by atoms with E-state index in [9.17, 15) is 0 Å². The van der Waals surface area contributed by atoms with Crippen LogP contribution in [0, 0.1) is 0 Å². The van der Waals surface area contributed by atoms with Gasteiger partial charge < -0.3 is 0 Å². The van der Waals surface area contributed by atoms with Crippen molar-refractivity contribution >= 4 is 44.9 Å². The zero-order valence-corrected chi connectivity index (χ0v) is 13.4. The van der Waals surface area contributed by atoms with E-state index in [0.29, 0.717) is 5.15 Å². The summed E-state index contributed by atoms with van der Waals surface area (Å²) in [6, 6.07) is 2.40. The number of thiophene rings is 1. The Bertz CT molecular complexity index is 599. The lowest BCUT2D eigenvalue weighted by Crippen LogP contribution is -2.33. The number of aryl methyl sites for hydroxylation is 1. The molecule has 3 nitrogen and oxygen atoms in total. The Morgan fingerprint density at radius 1 is 1.47 bits per heavy atom. The molecule has 1 atom stereocenters. The normalized spacial score (nSPS) is 21.1. The summed E-state index contributed by atoms with van der Waals surface area (Å²) in [5.41, 5.74) is 0. The zero-order chi connectivity index (χ0) is 13.4. The standard InChI is InChI=1S/C13H16ClN3S2/c1-3-8-6-9-11(14)15-12(16-13(9)19-8)10-7-18-5-4-17(10)2/h6,10H,3-5,7H2,1-2H3. The van der Waals surface area contributed by atoms with Gasteiger partial charge in [-0.25, -0.2) is 9.97 Å². The van der Waals surface area contributed by atoms with Gasteiger partial charge in [-0.3, -0.25) is 4.90 Å². The van der Waals surface area contributed by atoms with Crippen LogP contribution in [0.25, 0.3) is 10.2 Å². The molecule has 3 heterocycles. The maximum atomic E-state index is 6.33.